The van der Waals surface area contributed by atoms with Crippen LogP contribution in [0.1, 0.15) is 13.3 Å². The number of hydrogen-bond donors (Lipinski definition) is 2. The first kappa shape index (κ1) is 11.1. The highest BCUT2D eigenvalue weighted by atomic mass is 32.1. The number of amides is 1. The second-order valence-corrected chi connectivity index (χ2v) is 4.62. The molecule has 4 heteroatoms. The predicted octanol–water partition coefficient (Wildman–Crippen LogP) is 2.58. The number of nitrogens with two attached hydrogens (primary N) is 1. The number of hydrogen-bond acceptors (Lipinski definition) is 3. The molecule has 2 aromatic rings. The van der Waals surface area contributed by atoms with Gasteiger partial charge in [0.05, 0.1) is 6.04 Å². The predicted molar refractivity (Wildman–Crippen MR) is 68.7 cm³/mol. The van der Waals surface area contributed by atoms with Gasteiger partial charge >= 0.3 is 0 Å². The van der Waals surface area contributed by atoms with Gasteiger partial charge in [0.25, 0.3) is 0 Å². The quantitative estimate of drug-likeness (QED) is 0.857. The van der Waals surface area contributed by atoms with Gasteiger partial charge < -0.3 is 11.1 Å². The first-order valence-corrected chi connectivity index (χ1v) is 6.12. The molecule has 84 valence electrons. The van der Waals surface area contributed by atoms with Crippen molar-refractivity contribution in [3.8, 4) is 0 Å². The molecule has 0 spiro atoms. The minimum absolute atomic E-state index is 0.128. The molecule has 0 aliphatic heterocycles. The Hall–Kier alpha value is -1.39. The molecular formula is C12H14N2OS. The summed E-state index contributed by atoms with van der Waals surface area (Å²) >= 11 is 1.69. The van der Waals surface area contributed by atoms with Gasteiger partial charge in [0.2, 0.25) is 5.91 Å². The van der Waals surface area contributed by atoms with Crippen LogP contribution >= 0.6 is 11.3 Å². The lowest BCUT2D eigenvalue weighted by molar-refractivity contribution is -0.117. The van der Waals surface area contributed by atoms with Crippen molar-refractivity contribution in [2.75, 3.05) is 5.32 Å². The molecule has 0 saturated heterocycles. The van der Waals surface area contributed by atoms with Gasteiger partial charge in [0.15, 0.2) is 0 Å². The Balaban J connectivity index is 2.17. The molecule has 0 saturated carbocycles. The van der Waals surface area contributed by atoms with E-state index < -0.39 is 6.04 Å². The number of rotatable bonds is 3. The van der Waals surface area contributed by atoms with Crippen LogP contribution in [-0.4, -0.2) is 11.9 Å². The van der Waals surface area contributed by atoms with Crippen LogP contribution in [0.25, 0.3) is 10.1 Å². The highest BCUT2D eigenvalue weighted by Crippen LogP contribution is 2.23. The van der Waals surface area contributed by atoms with E-state index in [4.69, 9.17) is 5.73 Å². The van der Waals surface area contributed by atoms with Gasteiger partial charge in [-0.2, -0.15) is 0 Å². The van der Waals surface area contributed by atoms with Crippen molar-refractivity contribution in [1.82, 2.24) is 0 Å². The Morgan fingerprint density at radius 1 is 1.50 bits per heavy atom. The van der Waals surface area contributed by atoms with Crippen LogP contribution in [0, 0.1) is 0 Å². The van der Waals surface area contributed by atoms with Crippen molar-refractivity contribution in [3.63, 3.8) is 0 Å². The molecule has 0 aliphatic carbocycles. The molecule has 3 N–H and O–H groups in total. The molecule has 1 unspecified atom stereocenters. The van der Waals surface area contributed by atoms with Crippen molar-refractivity contribution in [2.45, 2.75) is 19.4 Å². The maximum Gasteiger partial charge on any atom is 0.241 e. The minimum Gasteiger partial charge on any atom is -0.325 e. The molecule has 0 aliphatic rings. The lowest BCUT2D eigenvalue weighted by Crippen LogP contribution is -2.34. The molecule has 1 aromatic heterocycles. The number of anilines is 1. The molecular weight excluding hydrogens is 220 g/mol. The molecule has 1 heterocycles. The average Bonchev–Trinajstić information content (AvgIpc) is 2.75. The van der Waals surface area contributed by atoms with E-state index in [-0.39, 0.29) is 5.91 Å². The van der Waals surface area contributed by atoms with Crippen LogP contribution in [0.4, 0.5) is 5.69 Å². The van der Waals surface area contributed by atoms with Crippen molar-refractivity contribution in [1.29, 1.82) is 0 Å². The number of thiophene rings is 1. The van der Waals surface area contributed by atoms with Gasteiger partial charge in [-0.25, -0.2) is 0 Å². The average molecular weight is 234 g/mol. The highest BCUT2D eigenvalue weighted by molar-refractivity contribution is 7.17. The van der Waals surface area contributed by atoms with Crippen molar-refractivity contribution < 1.29 is 4.79 Å². The first-order valence-electron chi connectivity index (χ1n) is 5.24. The normalized spacial score (nSPS) is 12.6. The second-order valence-electron chi connectivity index (χ2n) is 3.68. The zero-order chi connectivity index (χ0) is 11.5. The van der Waals surface area contributed by atoms with Crippen LogP contribution in [0.2, 0.25) is 0 Å². The Morgan fingerprint density at radius 3 is 3.06 bits per heavy atom. The largest absolute Gasteiger partial charge is 0.325 e. The summed E-state index contributed by atoms with van der Waals surface area (Å²) in [5.74, 6) is -0.128. The van der Waals surface area contributed by atoms with Crippen LogP contribution in [0.15, 0.2) is 29.6 Å². The summed E-state index contributed by atoms with van der Waals surface area (Å²) in [6, 6.07) is 7.48. The summed E-state index contributed by atoms with van der Waals surface area (Å²) in [5, 5.41) is 6.00. The molecule has 1 atom stereocenters. The number of carbonyl (C=O) groups excluding carboxylic acids is 1. The van der Waals surface area contributed by atoms with Crippen LogP contribution in [-0.2, 0) is 4.79 Å². The fraction of sp³-hybridized carbons (Fsp3) is 0.250. The maximum absolute atomic E-state index is 11.6. The fourth-order valence-electron chi connectivity index (χ4n) is 1.46. The Labute approximate surface area is 98.3 Å². The molecule has 2 rings (SSSR count). The van der Waals surface area contributed by atoms with Crippen molar-refractivity contribution in [3.05, 3.63) is 29.6 Å². The van der Waals surface area contributed by atoms with Gasteiger partial charge in [-0.3, -0.25) is 4.79 Å². The summed E-state index contributed by atoms with van der Waals surface area (Å²) in [5.41, 5.74) is 6.45. The minimum atomic E-state index is -0.432. The Kier molecular flexibility index (Phi) is 3.22. The van der Waals surface area contributed by atoms with Gasteiger partial charge in [-0.05, 0) is 41.5 Å². The zero-order valence-electron chi connectivity index (χ0n) is 9.07. The molecule has 1 amide bonds. The van der Waals surface area contributed by atoms with E-state index in [1.165, 1.54) is 4.70 Å². The Morgan fingerprint density at radius 2 is 2.31 bits per heavy atom. The van der Waals surface area contributed by atoms with E-state index in [1.807, 2.05) is 36.6 Å². The molecule has 1 aromatic carbocycles. The smallest absolute Gasteiger partial charge is 0.241 e. The first-order chi connectivity index (χ1) is 7.70. The summed E-state index contributed by atoms with van der Waals surface area (Å²) in [7, 11) is 0. The van der Waals surface area contributed by atoms with E-state index in [1.54, 1.807) is 11.3 Å². The standard InChI is InChI=1S/C12H14N2OS/c1-2-10(13)12(15)14-9-3-4-11-8(7-9)5-6-16-11/h3-7,10H,2,13H2,1H3,(H,14,15). The number of fused-ring (bicyclic) bond motifs is 1. The van der Waals surface area contributed by atoms with E-state index in [9.17, 15) is 4.79 Å². The second kappa shape index (κ2) is 4.63. The lowest BCUT2D eigenvalue weighted by Gasteiger charge is -2.09. The molecule has 3 nitrogen and oxygen atoms in total. The fourth-order valence-corrected chi connectivity index (χ4v) is 2.24. The number of nitrogens with one attached hydrogen (secondary N) is 1. The monoisotopic (exact) mass is 234 g/mol. The van der Waals surface area contributed by atoms with Crippen LogP contribution in [0.3, 0.4) is 0 Å². The summed E-state index contributed by atoms with van der Waals surface area (Å²) < 4.78 is 1.22. The highest BCUT2D eigenvalue weighted by Gasteiger charge is 2.10. The number of carbonyl (C=O) groups is 1. The lowest BCUT2D eigenvalue weighted by atomic mass is 10.2. The summed E-state index contributed by atoms with van der Waals surface area (Å²) in [6.07, 6.45) is 0.645. The summed E-state index contributed by atoms with van der Waals surface area (Å²) in [4.78, 5) is 11.6. The van der Waals surface area contributed by atoms with Crippen molar-refractivity contribution in [2.24, 2.45) is 5.73 Å². The summed E-state index contributed by atoms with van der Waals surface area (Å²) in [6.45, 7) is 1.90. The van der Waals surface area contributed by atoms with Crippen LogP contribution in [0.5, 0.6) is 0 Å². The van der Waals surface area contributed by atoms with Gasteiger partial charge in [0, 0.05) is 10.4 Å². The van der Waals surface area contributed by atoms with Gasteiger partial charge in [-0.1, -0.05) is 6.92 Å². The van der Waals surface area contributed by atoms with Crippen molar-refractivity contribution >= 4 is 33.0 Å². The van der Waals surface area contributed by atoms with Crippen LogP contribution < -0.4 is 11.1 Å². The third-order valence-electron chi connectivity index (χ3n) is 2.50. The maximum atomic E-state index is 11.6. The topological polar surface area (TPSA) is 55.1 Å². The molecule has 16 heavy (non-hydrogen) atoms. The Bertz CT molecular complexity index is 506. The molecule has 0 fully saturated rings. The SMILES string of the molecule is CCC(N)C(=O)Nc1ccc2sccc2c1. The van der Waals surface area contributed by atoms with E-state index >= 15 is 0 Å². The van der Waals surface area contributed by atoms with E-state index in [0.717, 1.165) is 11.1 Å². The van der Waals surface area contributed by atoms with Gasteiger partial charge in [-0.15, -0.1) is 11.3 Å². The van der Waals surface area contributed by atoms with E-state index in [0.29, 0.717) is 6.42 Å². The third-order valence-corrected chi connectivity index (χ3v) is 3.39. The zero-order valence-corrected chi connectivity index (χ0v) is 9.88. The van der Waals surface area contributed by atoms with Gasteiger partial charge in [0.1, 0.15) is 0 Å². The van der Waals surface area contributed by atoms with E-state index in [2.05, 4.69) is 5.32 Å². The molecule has 0 bridgehead atoms. The number of benzene rings is 1. The molecule has 0 radical (unpaired) electrons. The third kappa shape index (κ3) is 2.23.